The number of thioether (sulfide) groups is 1. The molecule has 6 nitrogen and oxygen atoms in total. The van der Waals surface area contributed by atoms with E-state index in [2.05, 4.69) is 31.5 Å². The van der Waals surface area contributed by atoms with Gasteiger partial charge in [0.1, 0.15) is 6.04 Å². The minimum absolute atomic E-state index is 0.0737. The minimum Gasteiger partial charge on any atom is -0.467 e. The first kappa shape index (κ1) is 17.6. The van der Waals surface area contributed by atoms with Crippen molar-refractivity contribution in [2.24, 2.45) is 0 Å². The molecular formula is C16H20BrN3O3S. The fourth-order valence-electron chi connectivity index (χ4n) is 3.02. The topological polar surface area (TPSA) is 70.7 Å². The number of hydrogen-bond donors (Lipinski definition) is 2. The molecule has 2 aliphatic rings. The number of rotatable bonds is 4. The molecule has 2 heterocycles. The van der Waals surface area contributed by atoms with Gasteiger partial charge in [0.15, 0.2) is 0 Å². The van der Waals surface area contributed by atoms with Crippen LogP contribution < -0.4 is 10.6 Å². The molecule has 130 valence electrons. The Hall–Kier alpha value is -1.25. The summed E-state index contributed by atoms with van der Waals surface area (Å²) in [5.41, 5.74) is 1.73. The minimum atomic E-state index is -0.611. The number of halogens is 1. The lowest BCUT2D eigenvalue weighted by Gasteiger charge is -2.27. The van der Waals surface area contributed by atoms with E-state index in [1.54, 1.807) is 0 Å². The van der Waals surface area contributed by atoms with E-state index in [1.165, 1.54) is 7.11 Å². The van der Waals surface area contributed by atoms with Crippen molar-refractivity contribution in [3.8, 4) is 0 Å². The number of methoxy groups -OCH3 is 1. The molecule has 0 aromatic heterocycles. The molecule has 1 amide bonds. The number of fused-ring (bicyclic) bond motifs is 1. The number of carbonyl (C=O) groups excluding carboxylic acids is 2. The van der Waals surface area contributed by atoms with Gasteiger partial charge in [-0.05, 0) is 18.2 Å². The van der Waals surface area contributed by atoms with Gasteiger partial charge in [0, 0.05) is 40.3 Å². The first-order valence-electron chi connectivity index (χ1n) is 7.82. The molecule has 0 saturated carbocycles. The predicted octanol–water partition coefficient (Wildman–Crippen LogP) is 1.62. The Bertz CT molecular complexity index is 637. The molecule has 2 N–H and O–H groups in total. The zero-order chi connectivity index (χ0) is 17.1. The number of nitrogens with zero attached hydrogens (tertiary/aromatic N) is 1. The molecule has 0 radical (unpaired) electrons. The summed E-state index contributed by atoms with van der Waals surface area (Å²) in [6.07, 6.45) is 0. The first-order valence-corrected chi connectivity index (χ1v) is 9.76. The summed E-state index contributed by atoms with van der Waals surface area (Å²) in [4.78, 5) is 26.7. The molecule has 2 unspecified atom stereocenters. The van der Waals surface area contributed by atoms with Gasteiger partial charge in [-0.2, -0.15) is 11.8 Å². The molecule has 2 atom stereocenters. The second-order valence-corrected chi connectivity index (χ2v) is 7.95. The molecule has 0 aliphatic carbocycles. The van der Waals surface area contributed by atoms with Crippen LogP contribution in [0.5, 0.6) is 0 Å². The quantitative estimate of drug-likeness (QED) is 0.730. The van der Waals surface area contributed by atoms with Crippen LogP contribution in [0.3, 0.4) is 0 Å². The number of ether oxygens (including phenoxy) is 1. The molecule has 1 fully saturated rings. The molecule has 0 bridgehead atoms. The number of anilines is 1. The highest BCUT2D eigenvalue weighted by atomic mass is 79.9. The maximum Gasteiger partial charge on any atom is 0.330 e. The Kier molecular flexibility index (Phi) is 5.68. The summed E-state index contributed by atoms with van der Waals surface area (Å²) < 4.78 is 5.78. The van der Waals surface area contributed by atoms with Crippen LogP contribution >= 0.6 is 27.7 Å². The van der Waals surface area contributed by atoms with Crippen molar-refractivity contribution in [3.63, 3.8) is 0 Å². The second-order valence-electron chi connectivity index (χ2n) is 5.81. The van der Waals surface area contributed by atoms with Crippen molar-refractivity contribution in [2.75, 3.05) is 43.6 Å². The largest absolute Gasteiger partial charge is 0.467 e. The fourth-order valence-corrected chi connectivity index (χ4v) is 4.37. The normalized spacial score (nSPS) is 23.2. The summed E-state index contributed by atoms with van der Waals surface area (Å²) in [5, 5.41) is 6.15. The van der Waals surface area contributed by atoms with Crippen molar-refractivity contribution < 1.29 is 14.3 Å². The number of nitrogens with one attached hydrogen (secondary N) is 2. The number of esters is 1. The van der Waals surface area contributed by atoms with E-state index in [0.717, 1.165) is 40.3 Å². The smallest absolute Gasteiger partial charge is 0.330 e. The summed E-state index contributed by atoms with van der Waals surface area (Å²) in [5.74, 6) is 1.65. The van der Waals surface area contributed by atoms with E-state index >= 15 is 0 Å². The van der Waals surface area contributed by atoms with E-state index in [1.807, 2.05) is 30.0 Å². The molecule has 3 rings (SSSR count). The molecule has 1 saturated heterocycles. The van der Waals surface area contributed by atoms with Gasteiger partial charge >= 0.3 is 5.97 Å². The van der Waals surface area contributed by atoms with Gasteiger partial charge in [0.25, 0.3) is 0 Å². The zero-order valence-corrected chi connectivity index (χ0v) is 15.8. The van der Waals surface area contributed by atoms with Crippen LogP contribution in [0.1, 0.15) is 11.6 Å². The predicted molar refractivity (Wildman–Crippen MR) is 98.2 cm³/mol. The van der Waals surface area contributed by atoms with Gasteiger partial charge in [-0.1, -0.05) is 15.9 Å². The average Bonchev–Trinajstić information content (AvgIpc) is 2.93. The van der Waals surface area contributed by atoms with Gasteiger partial charge in [-0.3, -0.25) is 9.69 Å². The third-order valence-electron chi connectivity index (χ3n) is 4.24. The molecule has 1 aromatic rings. The Morgan fingerprint density at radius 2 is 2.17 bits per heavy atom. The number of benzene rings is 1. The summed E-state index contributed by atoms with van der Waals surface area (Å²) in [6.45, 7) is 2.20. The highest BCUT2D eigenvalue weighted by Gasteiger charge is 2.39. The van der Waals surface area contributed by atoms with Gasteiger partial charge in [0.05, 0.1) is 19.7 Å². The summed E-state index contributed by atoms with van der Waals surface area (Å²) >= 11 is 5.35. The number of carbonyl (C=O) groups is 2. The van der Waals surface area contributed by atoms with Crippen molar-refractivity contribution in [1.82, 2.24) is 10.2 Å². The standard InChI is InChI=1S/C16H20BrN3O3S/c1-23-16(22)15-14(11-8-10(17)2-3-12(11)18-15)19-13(21)9-20-4-6-24-7-5-20/h2-3,8,14-15,18H,4-7,9H2,1H3,(H,19,21). The van der Waals surface area contributed by atoms with E-state index in [9.17, 15) is 9.59 Å². The molecule has 8 heteroatoms. The second kappa shape index (κ2) is 7.76. The fraction of sp³-hybridized carbons (Fsp3) is 0.500. The molecular weight excluding hydrogens is 394 g/mol. The zero-order valence-electron chi connectivity index (χ0n) is 13.4. The third kappa shape index (κ3) is 3.87. The first-order chi connectivity index (χ1) is 11.6. The van der Waals surface area contributed by atoms with E-state index in [-0.39, 0.29) is 11.9 Å². The Balaban J connectivity index is 1.74. The Morgan fingerprint density at radius 3 is 2.88 bits per heavy atom. The van der Waals surface area contributed by atoms with Crippen molar-refractivity contribution in [1.29, 1.82) is 0 Å². The van der Waals surface area contributed by atoms with Crippen LogP contribution in [0.15, 0.2) is 22.7 Å². The van der Waals surface area contributed by atoms with E-state index < -0.39 is 12.1 Å². The van der Waals surface area contributed by atoms with Crippen LogP contribution in [0.2, 0.25) is 0 Å². The highest BCUT2D eigenvalue weighted by molar-refractivity contribution is 9.10. The van der Waals surface area contributed by atoms with Crippen molar-refractivity contribution >= 4 is 45.3 Å². The lowest BCUT2D eigenvalue weighted by molar-refractivity contribution is -0.142. The van der Waals surface area contributed by atoms with Crippen molar-refractivity contribution in [3.05, 3.63) is 28.2 Å². The third-order valence-corrected chi connectivity index (χ3v) is 5.67. The van der Waals surface area contributed by atoms with Crippen LogP contribution in [0.4, 0.5) is 5.69 Å². The van der Waals surface area contributed by atoms with E-state index in [4.69, 9.17) is 4.74 Å². The van der Waals surface area contributed by atoms with Gasteiger partial charge in [-0.15, -0.1) is 0 Å². The molecule has 1 aromatic carbocycles. The SMILES string of the molecule is COC(=O)C1Nc2ccc(Br)cc2C1NC(=O)CN1CCSCC1. The van der Waals surface area contributed by atoms with Crippen LogP contribution in [-0.4, -0.2) is 61.1 Å². The van der Waals surface area contributed by atoms with E-state index in [0.29, 0.717) is 6.54 Å². The van der Waals surface area contributed by atoms with Crippen LogP contribution in [0, 0.1) is 0 Å². The average molecular weight is 414 g/mol. The molecule has 24 heavy (non-hydrogen) atoms. The van der Waals surface area contributed by atoms with Crippen LogP contribution in [-0.2, 0) is 14.3 Å². The van der Waals surface area contributed by atoms with Crippen LogP contribution in [0.25, 0.3) is 0 Å². The summed E-state index contributed by atoms with van der Waals surface area (Å²) in [6, 6.07) is 4.67. The number of hydrogen-bond acceptors (Lipinski definition) is 6. The molecule has 0 spiro atoms. The highest BCUT2D eigenvalue weighted by Crippen LogP contribution is 2.36. The lowest BCUT2D eigenvalue weighted by atomic mass is 10.0. The van der Waals surface area contributed by atoms with Crippen molar-refractivity contribution in [2.45, 2.75) is 12.1 Å². The maximum absolute atomic E-state index is 12.5. The molecule has 2 aliphatic heterocycles. The van der Waals surface area contributed by atoms with Gasteiger partial charge in [-0.25, -0.2) is 4.79 Å². The van der Waals surface area contributed by atoms with Gasteiger partial charge < -0.3 is 15.4 Å². The monoisotopic (exact) mass is 413 g/mol. The Labute approximate surface area is 153 Å². The lowest BCUT2D eigenvalue weighted by Crippen LogP contribution is -2.46. The maximum atomic E-state index is 12.5. The van der Waals surface area contributed by atoms with Gasteiger partial charge in [0.2, 0.25) is 5.91 Å². The summed E-state index contributed by atoms with van der Waals surface area (Å²) in [7, 11) is 1.35. The number of amides is 1. The Morgan fingerprint density at radius 1 is 1.42 bits per heavy atom.